The van der Waals surface area contributed by atoms with Crippen LogP contribution in [-0.4, -0.2) is 41.6 Å². The molecule has 0 bridgehead atoms. The average Bonchev–Trinajstić information content (AvgIpc) is 2.93. The Morgan fingerprint density at radius 1 is 1.14 bits per heavy atom. The molecule has 2 aromatic rings. The van der Waals surface area contributed by atoms with Crippen molar-refractivity contribution in [1.82, 2.24) is 0 Å². The lowest BCUT2D eigenvalue weighted by Gasteiger charge is -2.15. The Balaban J connectivity index is 1.85. The maximum atomic E-state index is 12.6. The number of nitrogens with one attached hydrogen (secondary N) is 1. The highest BCUT2D eigenvalue weighted by molar-refractivity contribution is 7.94. The van der Waals surface area contributed by atoms with E-state index >= 15 is 0 Å². The average molecular weight is 424 g/mol. The summed E-state index contributed by atoms with van der Waals surface area (Å²) >= 11 is 0. The van der Waals surface area contributed by atoms with E-state index in [2.05, 4.69) is 9.46 Å². The van der Waals surface area contributed by atoms with E-state index in [1.807, 2.05) is 0 Å². The molecule has 1 amide bonds. The number of carbonyl (C=O) groups excluding carboxylic acids is 2. The molecule has 9 nitrogen and oxygen atoms in total. The van der Waals surface area contributed by atoms with Crippen LogP contribution in [0.3, 0.4) is 0 Å². The molecule has 0 radical (unpaired) electrons. The first-order valence-electron chi connectivity index (χ1n) is 8.01. The maximum absolute atomic E-state index is 12.6. The molecule has 1 aliphatic heterocycles. The van der Waals surface area contributed by atoms with Gasteiger partial charge in [0, 0.05) is 12.1 Å². The van der Waals surface area contributed by atoms with Crippen LogP contribution in [0.1, 0.15) is 16.8 Å². The monoisotopic (exact) mass is 424 g/mol. The molecule has 0 aromatic heterocycles. The summed E-state index contributed by atoms with van der Waals surface area (Å²) in [7, 11) is -6.51. The first-order chi connectivity index (χ1) is 13.1. The third-order valence-corrected chi connectivity index (χ3v) is 7.08. The Bertz CT molecular complexity index is 1140. The number of ether oxygens (including phenoxy) is 1. The standard InChI is InChI=1S/C17H16N2O7S2/c1-26-17(21)12-3-2-4-13(11-12)18-28(24,25)15-7-5-14(6-8-15)19-16(20)9-10-27(19,22)23/h2-8,11,18H,9-10H2,1H3. The van der Waals surface area contributed by atoms with Crippen LogP contribution < -0.4 is 9.03 Å². The van der Waals surface area contributed by atoms with Crippen LogP contribution in [0.25, 0.3) is 0 Å². The molecular formula is C17H16N2O7S2. The van der Waals surface area contributed by atoms with Crippen LogP contribution in [0.5, 0.6) is 0 Å². The van der Waals surface area contributed by atoms with E-state index < -0.39 is 31.9 Å². The Morgan fingerprint density at radius 2 is 1.82 bits per heavy atom. The predicted octanol–water partition coefficient (Wildman–Crippen LogP) is 1.34. The van der Waals surface area contributed by atoms with Crippen LogP contribution in [0.4, 0.5) is 11.4 Å². The van der Waals surface area contributed by atoms with Crippen molar-refractivity contribution in [2.24, 2.45) is 0 Å². The fourth-order valence-electron chi connectivity index (χ4n) is 2.67. The number of methoxy groups -OCH3 is 1. The van der Waals surface area contributed by atoms with Crippen molar-refractivity contribution in [3.05, 3.63) is 54.1 Å². The van der Waals surface area contributed by atoms with Gasteiger partial charge in [0.05, 0.1) is 29.0 Å². The van der Waals surface area contributed by atoms with E-state index in [1.165, 1.54) is 55.6 Å². The van der Waals surface area contributed by atoms with Crippen LogP contribution in [-0.2, 0) is 29.6 Å². The van der Waals surface area contributed by atoms with Crippen molar-refractivity contribution in [3.63, 3.8) is 0 Å². The topological polar surface area (TPSA) is 127 Å². The molecule has 148 valence electrons. The number of carbonyl (C=O) groups is 2. The fourth-order valence-corrected chi connectivity index (χ4v) is 5.18. The van der Waals surface area contributed by atoms with Crippen LogP contribution in [0, 0.1) is 0 Å². The van der Waals surface area contributed by atoms with Crippen LogP contribution in [0.15, 0.2) is 53.4 Å². The summed E-state index contributed by atoms with van der Waals surface area (Å²) in [4.78, 5) is 23.2. The number of rotatable bonds is 5. The van der Waals surface area contributed by atoms with Gasteiger partial charge in [-0.3, -0.25) is 9.52 Å². The molecule has 1 fully saturated rings. The Kier molecular flexibility index (Phi) is 5.13. The van der Waals surface area contributed by atoms with Crippen molar-refractivity contribution < 1.29 is 31.2 Å². The summed E-state index contributed by atoms with van der Waals surface area (Å²) < 4.78 is 56.6. The summed E-state index contributed by atoms with van der Waals surface area (Å²) in [5.41, 5.74) is 0.411. The number of amides is 1. The van der Waals surface area contributed by atoms with Crippen molar-refractivity contribution in [3.8, 4) is 0 Å². The summed E-state index contributed by atoms with van der Waals surface area (Å²) in [6.45, 7) is 0. The van der Waals surface area contributed by atoms with Crippen molar-refractivity contribution in [1.29, 1.82) is 0 Å². The second kappa shape index (κ2) is 7.24. The molecule has 1 aliphatic rings. The molecule has 0 saturated carbocycles. The zero-order valence-electron chi connectivity index (χ0n) is 14.7. The molecule has 1 heterocycles. The van der Waals surface area contributed by atoms with Gasteiger partial charge in [0.15, 0.2) is 0 Å². The van der Waals surface area contributed by atoms with Gasteiger partial charge in [0.2, 0.25) is 15.9 Å². The normalized spacial score (nSPS) is 16.0. The highest BCUT2D eigenvalue weighted by Gasteiger charge is 2.36. The van der Waals surface area contributed by atoms with Gasteiger partial charge in [-0.15, -0.1) is 0 Å². The first-order valence-corrected chi connectivity index (χ1v) is 11.1. The molecule has 28 heavy (non-hydrogen) atoms. The Hall–Kier alpha value is -2.92. The van der Waals surface area contributed by atoms with Gasteiger partial charge in [-0.1, -0.05) is 6.07 Å². The summed E-state index contributed by atoms with van der Waals surface area (Å²) in [5, 5.41) is 0. The number of esters is 1. The third-order valence-electron chi connectivity index (χ3n) is 4.00. The molecule has 1 saturated heterocycles. The molecule has 0 unspecified atom stereocenters. The predicted molar refractivity (Wildman–Crippen MR) is 101 cm³/mol. The zero-order valence-corrected chi connectivity index (χ0v) is 16.3. The molecular weight excluding hydrogens is 408 g/mol. The van der Waals surface area contributed by atoms with Crippen molar-refractivity contribution in [2.75, 3.05) is 21.9 Å². The summed E-state index contributed by atoms with van der Waals surface area (Å²) in [6.07, 6.45) is -0.111. The summed E-state index contributed by atoms with van der Waals surface area (Å²) in [6, 6.07) is 10.7. The minimum Gasteiger partial charge on any atom is -0.465 e. The quantitative estimate of drug-likeness (QED) is 0.718. The van der Waals surface area contributed by atoms with E-state index in [9.17, 15) is 26.4 Å². The lowest BCUT2D eigenvalue weighted by molar-refractivity contribution is -0.116. The first kappa shape index (κ1) is 19.8. The number of benzene rings is 2. The van der Waals surface area contributed by atoms with Gasteiger partial charge < -0.3 is 4.74 Å². The molecule has 1 N–H and O–H groups in total. The van der Waals surface area contributed by atoms with Gasteiger partial charge >= 0.3 is 5.97 Å². The number of hydrogen-bond acceptors (Lipinski definition) is 7. The van der Waals surface area contributed by atoms with E-state index in [0.29, 0.717) is 4.31 Å². The van der Waals surface area contributed by atoms with Crippen molar-refractivity contribution >= 4 is 43.3 Å². The van der Waals surface area contributed by atoms with E-state index in [4.69, 9.17) is 0 Å². The Morgan fingerprint density at radius 3 is 2.39 bits per heavy atom. The smallest absolute Gasteiger partial charge is 0.337 e. The highest BCUT2D eigenvalue weighted by atomic mass is 32.2. The van der Waals surface area contributed by atoms with E-state index in [0.717, 1.165) is 0 Å². The van der Waals surface area contributed by atoms with Crippen LogP contribution in [0.2, 0.25) is 0 Å². The number of nitrogens with zero attached hydrogens (tertiary/aromatic N) is 1. The van der Waals surface area contributed by atoms with Gasteiger partial charge in [-0.05, 0) is 42.5 Å². The molecule has 0 spiro atoms. The molecule has 11 heteroatoms. The lowest BCUT2D eigenvalue weighted by Crippen LogP contribution is -2.29. The number of hydrogen-bond donors (Lipinski definition) is 1. The maximum Gasteiger partial charge on any atom is 0.337 e. The highest BCUT2D eigenvalue weighted by Crippen LogP contribution is 2.27. The molecule has 2 aromatic carbocycles. The lowest BCUT2D eigenvalue weighted by atomic mass is 10.2. The van der Waals surface area contributed by atoms with E-state index in [-0.39, 0.29) is 34.0 Å². The van der Waals surface area contributed by atoms with Gasteiger partial charge in [-0.25, -0.2) is 25.9 Å². The second-order valence-corrected chi connectivity index (χ2v) is 9.52. The van der Waals surface area contributed by atoms with E-state index in [1.54, 1.807) is 0 Å². The van der Waals surface area contributed by atoms with Gasteiger partial charge in [-0.2, -0.15) is 0 Å². The van der Waals surface area contributed by atoms with Gasteiger partial charge in [0.1, 0.15) is 0 Å². The summed E-state index contributed by atoms with van der Waals surface area (Å²) in [5.74, 6) is -1.44. The minimum absolute atomic E-state index is 0.0779. The fraction of sp³-hybridized carbons (Fsp3) is 0.176. The Labute approximate surface area is 162 Å². The zero-order chi connectivity index (χ0) is 20.5. The molecule has 3 rings (SSSR count). The molecule has 0 atom stereocenters. The van der Waals surface area contributed by atoms with Gasteiger partial charge in [0.25, 0.3) is 10.0 Å². The third kappa shape index (κ3) is 3.85. The largest absolute Gasteiger partial charge is 0.465 e. The SMILES string of the molecule is COC(=O)c1cccc(NS(=O)(=O)c2ccc(N3C(=O)CCS3(=O)=O)cc2)c1. The van der Waals surface area contributed by atoms with Crippen molar-refractivity contribution in [2.45, 2.75) is 11.3 Å². The second-order valence-electron chi connectivity index (χ2n) is 5.90. The molecule has 0 aliphatic carbocycles. The van der Waals surface area contributed by atoms with Crippen LogP contribution >= 0.6 is 0 Å². The number of sulfonamides is 2. The number of anilines is 2. The minimum atomic E-state index is -4.00.